The summed E-state index contributed by atoms with van der Waals surface area (Å²) in [5.74, 6) is -0.441. The van der Waals surface area contributed by atoms with Gasteiger partial charge in [0.25, 0.3) is 0 Å². The first kappa shape index (κ1) is 22.4. The minimum Gasteiger partial charge on any atom is -0.494 e. The minimum atomic E-state index is -3.77. The van der Waals surface area contributed by atoms with Gasteiger partial charge in [-0.25, -0.2) is 13.2 Å². The molecule has 0 bridgehead atoms. The molecule has 1 amide bonds. The van der Waals surface area contributed by atoms with Gasteiger partial charge in [-0.05, 0) is 38.1 Å². The second-order valence-electron chi connectivity index (χ2n) is 6.70. The highest BCUT2D eigenvalue weighted by Gasteiger charge is 2.19. The average molecular weight is 448 g/mol. The first-order valence-corrected chi connectivity index (χ1v) is 11.4. The normalized spacial score (nSPS) is 11.5. The molecule has 31 heavy (non-hydrogen) atoms. The van der Waals surface area contributed by atoms with Crippen LogP contribution in [0.2, 0.25) is 0 Å². The van der Waals surface area contributed by atoms with Crippen LogP contribution < -0.4 is 20.5 Å². The molecule has 0 saturated heterocycles. The van der Waals surface area contributed by atoms with E-state index in [0.717, 1.165) is 0 Å². The van der Waals surface area contributed by atoms with Crippen molar-refractivity contribution in [3.63, 3.8) is 0 Å². The fraction of sp³-hybridized carbons (Fsp3) is 0.333. The number of ether oxygens (including phenoxy) is 2. The van der Waals surface area contributed by atoms with E-state index in [1.807, 2.05) is 13.8 Å². The molecule has 2 aromatic carbocycles. The molecule has 0 radical (unpaired) electrons. The Morgan fingerprint density at radius 2 is 1.84 bits per heavy atom. The summed E-state index contributed by atoms with van der Waals surface area (Å²) >= 11 is 0. The molecule has 0 aliphatic rings. The van der Waals surface area contributed by atoms with Gasteiger partial charge in [0.05, 0.1) is 35.1 Å². The lowest BCUT2D eigenvalue weighted by Crippen LogP contribution is -2.18. The molecule has 1 N–H and O–H groups in total. The molecule has 0 atom stereocenters. The summed E-state index contributed by atoms with van der Waals surface area (Å²) in [6.07, 6.45) is -0.260. The van der Waals surface area contributed by atoms with E-state index in [0.29, 0.717) is 35.9 Å². The number of benzene rings is 2. The van der Waals surface area contributed by atoms with Crippen LogP contribution in [0.3, 0.4) is 0 Å². The number of anilines is 1. The molecule has 0 unspecified atom stereocenters. The molecule has 0 fully saturated rings. The van der Waals surface area contributed by atoms with E-state index >= 15 is 0 Å². The second-order valence-corrected chi connectivity index (χ2v) is 8.81. The van der Waals surface area contributed by atoms with Gasteiger partial charge in [-0.3, -0.25) is 9.36 Å². The monoisotopic (exact) mass is 448 g/mol. The van der Waals surface area contributed by atoms with Crippen molar-refractivity contribution in [2.24, 2.45) is 7.05 Å². The number of carbonyl (C=O) groups excluding carboxylic acids is 1. The van der Waals surface area contributed by atoms with Crippen LogP contribution in [-0.2, 0) is 21.7 Å². The Hall–Kier alpha value is -3.27. The van der Waals surface area contributed by atoms with Crippen LogP contribution in [0.1, 0.15) is 20.3 Å². The van der Waals surface area contributed by atoms with Crippen molar-refractivity contribution in [3.05, 3.63) is 46.9 Å². The number of amides is 1. The molecule has 9 nitrogen and oxygen atoms in total. The summed E-state index contributed by atoms with van der Waals surface area (Å²) in [6, 6.07) is 9.23. The maximum atomic E-state index is 12.7. The van der Waals surface area contributed by atoms with Crippen LogP contribution in [0.4, 0.5) is 5.69 Å². The third kappa shape index (κ3) is 5.08. The average Bonchev–Trinajstić information content (AvgIpc) is 3.02. The highest BCUT2D eigenvalue weighted by Crippen LogP contribution is 2.29. The number of nitrogens with zero attached hydrogens (tertiary/aromatic N) is 1. The van der Waals surface area contributed by atoms with Gasteiger partial charge in [-0.15, -0.1) is 0 Å². The third-order valence-corrected chi connectivity index (χ3v) is 6.27. The van der Waals surface area contributed by atoms with E-state index in [2.05, 4.69) is 5.32 Å². The van der Waals surface area contributed by atoms with E-state index in [-0.39, 0.29) is 16.9 Å². The molecule has 1 aromatic heterocycles. The number of hydrogen-bond acceptors (Lipinski definition) is 7. The van der Waals surface area contributed by atoms with Crippen LogP contribution in [0.5, 0.6) is 11.5 Å². The van der Waals surface area contributed by atoms with Gasteiger partial charge < -0.3 is 19.2 Å². The van der Waals surface area contributed by atoms with Crippen molar-refractivity contribution in [1.29, 1.82) is 0 Å². The SMILES string of the molecule is CCOc1ccc(OCC)c(NC(=O)CCS(=O)(=O)c2ccc3c(c2)oc(=O)n3C)c1. The van der Waals surface area contributed by atoms with E-state index in [9.17, 15) is 18.0 Å². The third-order valence-electron chi connectivity index (χ3n) is 4.56. The number of aryl methyl sites for hydroxylation is 1. The summed E-state index contributed by atoms with van der Waals surface area (Å²) in [5.41, 5.74) is 1.06. The molecule has 0 spiro atoms. The summed E-state index contributed by atoms with van der Waals surface area (Å²) < 4.78 is 42.6. The molecule has 166 valence electrons. The lowest BCUT2D eigenvalue weighted by Gasteiger charge is -2.13. The van der Waals surface area contributed by atoms with Gasteiger partial charge in [0.1, 0.15) is 11.5 Å². The van der Waals surface area contributed by atoms with E-state index in [4.69, 9.17) is 13.9 Å². The highest BCUT2D eigenvalue weighted by atomic mass is 32.2. The first-order chi connectivity index (χ1) is 14.7. The van der Waals surface area contributed by atoms with Gasteiger partial charge >= 0.3 is 5.76 Å². The molecule has 1 heterocycles. The lowest BCUT2D eigenvalue weighted by atomic mass is 10.2. The van der Waals surface area contributed by atoms with E-state index in [1.54, 1.807) is 18.2 Å². The number of nitrogens with one attached hydrogen (secondary N) is 1. The van der Waals surface area contributed by atoms with Crippen molar-refractivity contribution >= 4 is 32.5 Å². The number of rotatable bonds is 9. The standard InChI is InChI=1S/C21H24N2O7S/c1-4-28-14-6-9-18(29-5-2)16(12-14)22-20(24)10-11-31(26,27)15-7-8-17-19(13-15)30-21(25)23(17)3/h6-9,12-13H,4-5,10-11H2,1-3H3,(H,22,24). The smallest absolute Gasteiger partial charge is 0.419 e. The van der Waals surface area contributed by atoms with Crippen molar-refractivity contribution in [1.82, 2.24) is 4.57 Å². The highest BCUT2D eigenvalue weighted by molar-refractivity contribution is 7.91. The van der Waals surface area contributed by atoms with Crippen LogP contribution >= 0.6 is 0 Å². The fourth-order valence-electron chi connectivity index (χ4n) is 3.01. The Bertz CT molecular complexity index is 1260. The number of hydrogen-bond donors (Lipinski definition) is 1. The van der Waals surface area contributed by atoms with Crippen molar-refractivity contribution in [2.45, 2.75) is 25.2 Å². The maximum absolute atomic E-state index is 12.7. The van der Waals surface area contributed by atoms with Crippen LogP contribution in [0, 0.1) is 0 Å². The second kappa shape index (κ2) is 9.25. The molecule has 10 heteroatoms. The molecule has 0 aliphatic heterocycles. The van der Waals surface area contributed by atoms with Crippen molar-refractivity contribution < 1.29 is 27.1 Å². The Morgan fingerprint density at radius 1 is 1.10 bits per heavy atom. The maximum Gasteiger partial charge on any atom is 0.419 e. The molecule has 3 rings (SSSR count). The quantitative estimate of drug-likeness (QED) is 0.535. The number of fused-ring (bicyclic) bond motifs is 1. The number of sulfone groups is 1. The topological polar surface area (TPSA) is 117 Å². The van der Waals surface area contributed by atoms with E-state index in [1.165, 1.54) is 29.8 Å². The van der Waals surface area contributed by atoms with Crippen LogP contribution in [-0.4, -0.2) is 37.9 Å². The molecular formula is C21H24N2O7S. The lowest BCUT2D eigenvalue weighted by molar-refractivity contribution is -0.115. The van der Waals surface area contributed by atoms with Crippen LogP contribution in [0.15, 0.2) is 50.5 Å². The predicted molar refractivity (Wildman–Crippen MR) is 116 cm³/mol. The van der Waals surface area contributed by atoms with Gasteiger partial charge in [0, 0.05) is 25.6 Å². The number of carbonyl (C=O) groups is 1. The molecular weight excluding hydrogens is 424 g/mol. The largest absolute Gasteiger partial charge is 0.494 e. The Morgan fingerprint density at radius 3 is 2.55 bits per heavy atom. The zero-order valence-corrected chi connectivity index (χ0v) is 18.3. The van der Waals surface area contributed by atoms with Crippen molar-refractivity contribution in [2.75, 3.05) is 24.3 Å². The fourth-order valence-corrected chi connectivity index (χ4v) is 4.26. The zero-order valence-electron chi connectivity index (χ0n) is 17.5. The Balaban J connectivity index is 1.73. The Labute approximate surface area is 179 Å². The number of oxazole rings is 1. The summed E-state index contributed by atoms with van der Waals surface area (Å²) in [6.45, 7) is 4.53. The first-order valence-electron chi connectivity index (χ1n) is 9.77. The molecule has 3 aromatic rings. The van der Waals surface area contributed by atoms with Gasteiger partial charge in [0.15, 0.2) is 15.4 Å². The van der Waals surface area contributed by atoms with Gasteiger partial charge in [0.2, 0.25) is 5.91 Å². The summed E-state index contributed by atoms with van der Waals surface area (Å²) in [7, 11) is -2.24. The number of aromatic nitrogens is 1. The zero-order chi connectivity index (χ0) is 22.6. The van der Waals surface area contributed by atoms with Crippen molar-refractivity contribution in [3.8, 4) is 11.5 Å². The molecule has 0 aliphatic carbocycles. The van der Waals surface area contributed by atoms with Crippen LogP contribution in [0.25, 0.3) is 11.1 Å². The van der Waals surface area contributed by atoms with Gasteiger partial charge in [-0.2, -0.15) is 0 Å². The van der Waals surface area contributed by atoms with E-state index < -0.39 is 27.3 Å². The predicted octanol–water partition coefficient (Wildman–Crippen LogP) is 2.73. The molecule has 0 saturated carbocycles. The summed E-state index contributed by atoms with van der Waals surface area (Å²) in [4.78, 5) is 24.0. The minimum absolute atomic E-state index is 0.0181. The van der Waals surface area contributed by atoms with Gasteiger partial charge in [-0.1, -0.05) is 0 Å². The Kier molecular flexibility index (Phi) is 6.69. The summed E-state index contributed by atoms with van der Waals surface area (Å²) in [5, 5.41) is 2.69.